The first kappa shape index (κ1) is 15.9. The van der Waals surface area contributed by atoms with Gasteiger partial charge in [0.15, 0.2) is 0 Å². The number of carboxylic acids is 1. The van der Waals surface area contributed by atoms with Crippen LogP contribution in [0.2, 0.25) is 0 Å². The van der Waals surface area contributed by atoms with Crippen molar-refractivity contribution in [3.05, 3.63) is 33.9 Å². The second-order valence-electron chi connectivity index (χ2n) is 4.12. The lowest BCUT2D eigenvalue weighted by molar-refractivity contribution is -0.385. The van der Waals surface area contributed by atoms with Crippen molar-refractivity contribution in [2.45, 2.75) is 12.5 Å². The number of benzene rings is 1. The van der Waals surface area contributed by atoms with Gasteiger partial charge in [0.2, 0.25) is 0 Å². The first-order valence-electron chi connectivity index (χ1n) is 5.88. The van der Waals surface area contributed by atoms with E-state index < -0.39 is 22.7 Å². The van der Waals surface area contributed by atoms with E-state index in [-0.39, 0.29) is 12.2 Å². The average Bonchev–Trinajstić information content (AvgIpc) is 2.38. The summed E-state index contributed by atoms with van der Waals surface area (Å²) in [5, 5.41) is 32.0. The molecule has 8 heteroatoms. The Morgan fingerprint density at radius 1 is 1.55 bits per heavy atom. The molecule has 0 spiro atoms. The van der Waals surface area contributed by atoms with Crippen molar-refractivity contribution >= 4 is 17.3 Å². The first-order chi connectivity index (χ1) is 9.45. The number of methoxy groups -OCH3 is 1. The molecule has 1 unspecified atom stereocenters. The Balaban J connectivity index is 2.70. The summed E-state index contributed by atoms with van der Waals surface area (Å²) in [6, 6.07) is 3.76. The number of ether oxygens (including phenoxy) is 1. The molecule has 110 valence electrons. The van der Waals surface area contributed by atoms with Crippen LogP contribution in [0.3, 0.4) is 0 Å². The second-order valence-corrected chi connectivity index (χ2v) is 4.12. The first-order valence-corrected chi connectivity index (χ1v) is 5.88. The lowest BCUT2D eigenvalue weighted by atomic mass is 10.1. The van der Waals surface area contributed by atoms with Crippen molar-refractivity contribution in [1.29, 1.82) is 0 Å². The smallest absolute Gasteiger partial charge is 0.342 e. The maximum Gasteiger partial charge on any atom is 0.342 e. The molecule has 0 aliphatic heterocycles. The van der Waals surface area contributed by atoms with Crippen molar-refractivity contribution in [3.63, 3.8) is 0 Å². The van der Waals surface area contributed by atoms with E-state index in [1.54, 1.807) is 0 Å². The van der Waals surface area contributed by atoms with Gasteiger partial charge in [0.05, 0.1) is 17.6 Å². The molecule has 1 atom stereocenters. The van der Waals surface area contributed by atoms with E-state index in [0.717, 1.165) is 6.07 Å². The number of hydrogen-bond donors (Lipinski definition) is 3. The van der Waals surface area contributed by atoms with Gasteiger partial charge in [0, 0.05) is 25.4 Å². The van der Waals surface area contributed by atoms with E-state index in [1.807, 2.05) is 0 Å². The quantitative estimate of drug-likeness (QED) is 0.482. The molecule has 0 aromatic heterocycles. The summed E-state index contributed by atoms with van der Waals surface area (Å²) in [7, 11) is 1.48. The van der Waals surface area contributed by atoms with Crippen LogP contribution in [-0.4, -0.2) is 47.5 Å². The third kappa shape index (κ3) is 4.48. The van der Waals surface area contributed by atoms with E-state index in [1.165, 1.54) is 19.2 Å². The second kappa shape index (κ2) is 7.41. The number of nitro benzene ring substituents is 1. The van der Waals surface area contributed by atoms with Gasteiger partial charge in [-0.1, -0.05) is 0 Å². The Bertz CT molecular complexity index is 491. The molecule has 1 aromatic rings. The van der Waals surface area contributed by atoms with Gasteiger partial charge >= 0.3 is 5.97 Å². The maximum atomic E-state index is 11.0. The van der Waals surface area contributed by atoms with Gasteiger partial charge in [-0.15, -0.1) is 0 Å². The predicted molar refractivity (Wildman–Crippen MR) is 71.0 cm³/mol. The SMILES string of the molecule is COCC(O)CCNc1ccc([N+](=O)[O-])c(C(=O)O)c1. The van der Waals surface area contributed by atoms with Crippen LogP contribution in [-0.2, 0) is 4.74 Å². The number of aliphatic hydroxyl groups excluding tert-OH is 1. The molecule has 8 nitrogen and oxygen atoms in total. The third-order valence-corrected chi connectivity index (χ3v) is 2.59. The van der Waals surface area contributed by atoms with Crippen molar-refractivity contribution in [2.75, 3.05) is 25.6 Å². The van der Waals surface area contributed by atoms with Gasteiger partial charge in [0.1, 0.15) is 5.56 Å². The molecule has 3 N–H and O–H groups in total. The van der Waals surface area contributed by atoms with Crippen LogP contribution in [0.1, 0.15) is 16.8 Å². The summed E-state index contributed by atoms with van der Waals surface area (Å²) >= 11 is 0. The van der Waals surface area contributed by atoms with Gasteiger partial charge in [0.25, 0.3) is 5.69 Å². The Hall–Kier alpha value is -2.19. The number of nitro groups is 1. The Kier molecular flexibility index (Phi) is 5.88. The molecule has 0 saturated carbocycles. The van der Waals surface area contributed by atoms with Gasteiger partial charge in [-0.25, -0.2) is 4.79 Å². The monoisotopic (exact) mass is 284 g/mol. The molecule has 0 aliphatic carbocycles. The van der Waals surface area contributed by atoms with Crippen LogP contribution in [0.25, 0.3) is 0 Å². The number of nitrogens with one attached hydrogen (secondary N) is 1. The normalized spacial score (nSPS) is 11.9. The highest BCUT2D eigenvalue weighted by atomic mass is 16.6. The fourth-order valence-electron chi connectivity index (χ4n) is 1.64. The average molecular weight is 284 g/mol. The summed E-state index contributed by atoms with van der Waals surface area (Å²) in [5.41, 5.74) is -0.391. The standard InChI is InChI=1S/C12H16N2O6/c1-20-7-9(15)4-5-13-8-2-3-11(14(18)19)10(6-8)12(16)17/h2-3,6,9,13,15H,4-5,7H2,1H3,(H,16,17). The number of anilines is 1. The van der Waals surface area contributed by atoms with Crippen molar-refractivity contribution in [2.24, 2.45) is 0 Å². The molecule has 0 fully saturated rings. The fourth-order valence-corrected chi connectivity index (χ4v) is 1.64. The zero-order valence-corrected chi connectivity index (χ0v) is 10.9. The number of nitrogens with zero attached hydrogens (tertiary/aromatic N) is 1. The number of carboxylic acid groups (broad SMARTS) is 1. The molecule has 20 heavy (non-hydrogen) atoms. The Morgan fingerprint density at radius 2 is 2.25 bits per heavy atom. The Morgan fingerprint density at radius 3 is 2.80 bits per heavy atom. The maximum absolute atomic E-state index is 11.0. The molecule has 1 rings (SSSR count). The number of carbonyl (C=O) groups is 1. The Labute approximate surface area is 115 Å². The molecule has 0 saturated heterocycles. The fraction of sp³-hybridized carbons (Fsp3) is 0.417. The summed E-state index contributed by atoms with van der Waals surface area (Å²) in [6.45, 7) is 0.601. The highest BCUT2D eigenvalue weighted by Gasteiger charge is 2.19. The number of aliphatic hydroxyl groups is 1. The molecule has 0 radical (unpaired) electrons. The lowest BCUT2D eigenvalue weighted by Gasteiger charge is -2.11. The largest absolute Gasteiger partial charge is 0.477 e. The number of hydrogen-bond acceptors (Lipinski definition) is 6. The van der Waals surface area contributed by atoms with Crippen LogP contribution in [0.15, 0.2) is 18.2 Å². The van der Waals surface area contributed by atoms with E-state index in [4.69, 9.17) is 9.84 Å². The molecule has 0 aliphatic rings. The summed E-state index contributed by atoms with van der Waals surface area (Å²) < 4.78 is 4.77. The zero-order chi connectivity index (χ0) is 15.1. The van der Waals surface area contributed by atoms with Crippen molar-refractivity contribution < 1.29 is 24.7 Å². The zero-order valence-electron chi connectivity index (χ0n) is 10.9. The number of rotatable bonds is 8. The van der Waals surface area contributed by atoms with Gasteiger partial charge in [-0.3, -0.25) is 10.1 Å². The van der Waals surface area contributed by atoms with E-state index >= 15 is 0 Å². The molecular formula is C12H16N2O6. The molecule has 0 amide bonds. The summed E-state index contributed by atoms with van der Waals surface area (Å²) in [4.78, 5) is 20.9. The van der Waals surface area contributed by atoms with Crippen LogP contribution in [0.4, 0.5) is 11.4 Å². The van der Waals surface area contributed by atoms with Crippen LogP contribution < -0.4 is 5.32 Å². The minimum Gasteiger partial charge on any atom is -0.477 e. The van der Waals surface area contributed by atoms with Crippen LogP contribution in [0, 0.1) is 10.1 Å². The highest BCUT2D eigenvalue weighted by Crippen LogP contribution is 2.22. The summed E-state index contributed by atoms with van der Waals surface area (Å²) in [5.74, 6) is -1.36. The molecule has 0 bridgehead atoms. The predicted octanol–water partition coefficient (Wildman–Crippen LogP) is 1.10. The van der Waals surface area contributed by atoms with Crippen LogP contribution in [0.5, 0.6) is 0 Å². The molecular weight excluding hydrogens is 268 g/mol. The van der Waals surface area contributed by atoms with Crippen molar-refractivity contribution in [1.82, 2.24) is 0 Å². The van der Waals surface area contributed by atoms with Crippen LogP contribution >= 0.6 is 0 Å². The highest BCUT2D eigenvalue weighted by molar-refractivity contribution is 5.93. The minimum atomic E-state index is -1.36. The van der Waals surface area contributed by atoms with E-state index in [9.17, 15) is 20.0 Å². The van der Waals surface area contributed by atoms with E-state index in [0.29, 0.717) is 18.7 Å². The van der Waals surface area contributed by atoms with Gasteiger partial charge in [-0.2, -0.15) is 0 Å². The van der Waals surface area contributed by atoms with E-state index in [2.05, 4.69) is 5.32 Å². The molecule has 0 heterocycles. The third-order valence-electron chi connectivity index (χ3n) is 2.59. The van der Waals surface area contributed by atoms with Gasteiger partial charge in [-0.05, 0) is 18.6 Å². The van der Waals surface area contributed by atoms with Crippen molar-refractivity contribution in [3.8, 4) is 0 Å². The topological polar surface area (TPSA) is 122 Å². The number of aromatic carboxylic acids is 1. The molecule has 1 aromatic carbocycles. The minimum absolute atomic E-state index is 0.211. The van der Waals surface area contributed by atoms with Gasteiger partial charge < -0.3 is 20.3 Å². The lowest BCUT2D eigenvalue weighted by Crippen LogP contribution is -2.18. The summed E-state index contributed by atoms with van der Waals surface area (Å²) in [6.07, 6.45) is -0.211.